The summed E-state index contributed by atoms with van der Waals surface area (Å²) in [6.07, 6.45) is 1.49. The molecule has 23 heavy (non-hydrogen) atoms. The van der Waals surface area contributed by atoms with Crippen LogP contribution in [0.1, 0.15) is 5.56 Å². The maximum Gasteiger partial charge on any atom is 0.137 e. The monoisotopic (exact) mass is 316 g/mol. The third-order valence-electron chi connectivity index (χ3n) is 3.36. The molecule has 2 N–H and O–H groups in total. The largest absolute Gasteiger partial charge is 0.497 e. The molecule has 5 nitrogen and oxygen atoms in total. The minimum Gasteiger partial charge on any atom is -0.497 e. The Bertz CT molecular complexity index is 807. The van der Waals surface area contributed by atoms with Crippen molar-refractivity contribution in [3.63, 3.8) is 0 Å². The van der Waals surface area contributed by atoms with Crippen molar-refractivity contribution < 1.29 is 13.5 Å². The van der Waals surface area contributed by atoms with Crippen molar-refractivity contribution in [3.8, 4) is 17.0 Å². The zero-order chi connectivity index (χ0) is 16.4. The van der Waals surface area contributed by atoms with Crippen LogP contribution in [0.3, 0.4) is 0 Å². The van der Waals surface area contributed by atoms with Gasteiger partial charge in [-0.15, -0.1) is 5.10 Å². The zero-order valence-corrected chi connectivity index (χ0v) is 12.3. The molecule has 0 atom stereocenters. The smallest absolute Gasteiger partial charge is 0.137 e. The molecule has 3 aromatic rings. The number of hydrogen-bond donors (Lipinski definition) is 1. The van der Waals surface area contributed by atoms with Gasteiger partial charge in [0, 0.05) is 5.69 Å². The van der Waals surface area contributed by atoms with Crippen LogP contribution in [0.25, 0.3) is 11.3 Å². The fourth-order valence-corrected chi connectivity index (χ4v) is 2.25. The molecule has 0 saturated carbocycles. The summed E-state index contributed by atoms with van der Waals surface area (Å²) in [6, 6.07) is 9.52. The second-order valence-electron chi connectivity index (χ2n) is 5.01. The first kappa shape index (κ1) is 15.0. The van der Waals surface area contributed by atoms with E-state index in [2.05, 4.69) is 10.3 Å². The van der Waals surface area contributed by atoms with E-state index in [-0.39, 0.29) is 16.9 Å². The van der Waals surface area contributed by atoms with Gasteiger partial charge in [-0.05, 0) is 29.8 Å². The molecular formula is C16H14F2N4O. The van der Waals surface area contributed by atoms with Crippen LogP contribution in [0.15, 0.2) is 42.6 Å². The number of anilines is 1. The van der Waals surface area contributed by atoms with E-state index < -0.39 is 11.6 Å². The van der Waals surface area contributed by atoms with Gasteiger partial charge in [0.2, 0.25) is 0 Å². The Hall–Kier alpha value is -2.96. The van der Waals surface area contributed by atoms with E-state index in [9.17, 15) is 8.78 Å². The Morgan fingerprint density at radius 2 is 1.78 bits per heavy atom. The van der Waals surface area contributed by atoms with Gasteiger partial charge in [0.15, 0.2) is 0 Å². The van der Waals surface area contributed by atoms with Crippen LogP contribution in [-0.4, -0.2) is 22.1 Å². The number of nitrogens with zero attached hydrogens (tertiary/aromatic N) is 3. The lowest BCUT2D eigenvalue weighted by Gasteiger charge is -2.03. The third-order valence-corrected chi connectivity index (χ3v) is 3.36. The van der Waals surface area contributed by atoms with Gasteiger partial charge in [-0.3, -0.25) is 0 Å². The van der Waals surface area contributed by atoms with E-state index in [1.54, 1.807) is 7.11 Å². The quantitative estimate of drug-likeness (QED) is 0.752. The number of halogens is 2. The molecule has 1 aromatic heterocycles. The Kier molecular flexibility index (Phi) is 3.92. The molecule has 1 heterocycles. The standard InChI is InChI=1S/C16H14F2N4O/c1-23-12-4-2-10(3-5-12)8-22-9-15(20-21-22)16-13(17)6-11(19)7-14(16)18/h2-7,9H,8,19H2,1H3. The maximum absolute atomic E-state index is 13.9. The molecule has 0 saturated heterocycles. The summed E-state index contributed by atoms with van der Waals surface area (Å²) < 4.78 is 34.4. The second-order valence-corrected chi connectivity index (χ2v) is 5.01. The number of aromatic nitrogens is 3. The lowest BCUT2D eigenvalue weighted by atomic mass is 10.1. The summed E-state index contributed by atoms with van der Waals surface area (Å²) >= 11 is 0. The van der Waals surface area contributed by atoms with Crippen molar-refractivity contribution in [1.82, 2.24) is 15.0 Å². The molecular weight excluding hydrogens is 302 g/mol. The summed E-state index contributed by atoms with van der Waals surface area (Å²) in [7, 11) is 1.59. The summed E-state index contributed by atoms with van der Waals surface area (Å²) in [4.78, 5) is 0. The van der Waals surface area contributed by atoms with Gasteiger partial charge in [0.25, 0.3) is 0 Å². The summed E-state index contributed by atoms with van der Waals surface area (Å²) in [5, 5.41) is 7.74. The predicted octanol–water partition coefficient (Wildman–Crippen LogP) is 2.86. The van der Waals surface area contributed by atoms with Crippen LogP contribution in [0.2, 0.25) is 0 Å². The number of benzene rings is 2. The second kappa shape index (κ2) is 6.04. The van der Waals surface area contributed by atoms with Crippen LogP contribution in [0, 0.1) is 11.6 Å². The van der Waals surface area contributed by atoms with Crippen LogP contribution in [0.4, 0.5) is 14.5 Å². The van der Waals surface area contributed by atoms with Crippen molar-refractivity contribution in [2.24, 2.45) is 0 Å². The number of nitrogen functional groups attached to an aromatic ring is 1. The van der Waals surface area contributed by atoms with Crippen LogP contribution < -0.4 is 10.5 Å². The molecule has 118 valence electrons. The first-order valence-corrected chi connectivity index (χ1v) is 6.85. The van der Waals surface area contributed by atoms with E-state index in [1.165, 1.54) is 10.9 Å². The van der Waals surface area contributed by atoms with Crippen molar-refractivity contribution in [3.05, 3.63) is 59.8 Å². The minimum absolute atomic E-state index is 0.0226. The highest BCUT2D eigenvalue weighted by atomic mass is 19.1. The fraction of sp³-hybridized carbons (Fsp3) is 0.125. The molecule has 7 heteroatoms. The average Bonchev–Trinajstić information content (AvgIpc) is 2.95. The molecule has 0 aliphatic rings. The predicted molar refractivity (Wildman–Crippen MR) is 81.9 cm³/mol. The molecule has 0 radical (unpaired) electrons. The van der Waals surface area contributed by atoms with Crippen molar-refractivity contribution in [2.45, 2.75) is 6.54 Å². The Labute approximate surface area is 131 Å². The molecule has 0 aliphatic carbocycles. The molecule has 0 bridgehead atoms. The molecule has 0 amide bonds. The van der Waals surface area contributed by atoms with E-state index in [1.807, 2.05) is 24.3 Å². The van der Waals surface area contributed by atoms with Crippen LogP contribution in [-0.2, 0) is 6.54 Å². The molecule has 0 spiro atoms. The van der Waals surface area contributed by atoms with Gasteiger partial charge in [0.1, 0.15) is 23.1 Å². The van der Waals surface area contributed by atoms with Crippen molar-refractivity contribution >= 4 is 5.69 Å². The molecule has 3 rings (SSSR count). The highest BCUT2D eigenvalue weighted by Crippen LogP contribution is 2.26. The van der Waals surface area contributed by atoms with E-state index in [4.69, 9.17) is 10.5 Å². The first-order chi connectivity index (χ1) is 11.1. The number of hydrogen-bond acceptors (Lipinski definition) is 4. The van der Waals surface area contributed by atoms with Gasteiger partial charge in [0.05, 0.1) is 25.4 Å². The van der Waals surface area contributed by atoms with Crippen LogP contribution >= 0.6 is 0 Å². The normalized spacial score (nSPS) is 10.7. The SMILES string of the molecule is COc1ccc(Cn2cc(-c3c(F)cc(N)cc3F)nn2)cc1. The number of rotatable bonds is 4. The van der Waals surface area contributed by atoms with Gasteiger partial charge < -0.3 is 10.5 Å². The fourth-order valence-electron chi connectivity index (χ4n) is 2.25. The minimum atomic E-state index is -0.765. The molecule has 0 unspecified atom stereocenters. The first-order valence-electron chi connectivity index (χ1n) is 6.85. The van der Waals surface area contributed by atoms with Gasteiger partial charge in [-0.2, -0.15) is 0 Å². The number of nitrogens with two attached hydrogens (primary N) is 1. The van der Waals surface area contributed by atoms with Gasteiger partial charge in [-0.1, -0.05) is 17.3 Å². The lowest BCUT2D eigenvalue weighted by Crippen LogP contribution is -2.00. The summed E-state index contributed by atoms with van der Waals surface area (Å²) in [5.74, 6) is -0.781. The highest BCUT2D eigenvalue weighted by Gasteiger charge is 2.16. The van der Waals surface area contributed by atoms with Crippen molar-refractivity contribution in [2.75, 3.05) is 12.8 Å². The van der Waals surface area contributed by atoms with E-state index in [0.717, 1.165) is 23.4 Å². The Morgan fingerprint density at radius 3 is 2.39 bits per heavy atom. The van der Waals surface area contributed by atoms with Gasteiger partial charge >= 0.3 is 0 Å². The number of ether oxygens (including phenoxy) is 1. The number of methoxy groups -OCH3 is 1. The maximum atomic E-state index is 13.9. The lowest BCUT2D eigenvalue weighted by molar-refractivity contribution is 0.414. The topological polar surface area (TPSA) is 66.0 Å². The molecule has 0 aliphatic heterocycles. The van der Waals surface area contributed by atoms with Crippen LogP contribution in [0.5, 0.6) is 5.75 Å². The molecule has 2 aromatic carbocycles. The Morgan fingerprint density at radius 1 is 1.13 bits per heavy atom. The third kappa shape index (κ3) is 3.13. The average molecular weight is 316 g/mol. The zero-order valence-electron chi connectivity index (χ0n) is 12.3. The summed E-state index contributed by atoms with van der Waals surface area (Å²) in [5.41, 5.74) is 6.27. The van der Waals surface area contributed by atoms with Crippen molar-refractivity contribution in [1.29, 1.82) is 0 Å². The highest BCUT2D eigenvalue weighted by molar-refractivity contribution is 5.62. The molecule has 0 fully saturated rings. The summed E-state index contributed by atoms with van der Waals surface area (Å²) in [6.45, 7) is 0.426. The van der Waals surface area contributed by atoms with E-state index >= 15 is 0 Å². The van der Waals surface area contributed by atoms with E-state index in [0.29, 0.717) is 6.54 Å². The Balaban J connectivity index is 1.86. The van der Waals surface area contributed by atoms with Gasteiger partial charge in [-0.25, -0.2) is 13.5 Å².